The molecule has 2 fully saturated rings. The Morgan fingerprint density at radius 1 is 1.45 bits per heavy atom. The zero-order valence-corrected chi connectivity index (χ0v) is 12.7. The molecule has 0 atom stereocenters. The Hall–Kier alpha value is -1.21. The van der Waals surface area contributed by atoms with Gasteiger partial charge >= 0.3 is 6.03 Å². The molecule has 6 nitrogen and oxygen atoms in total. The lowest BCUT2D eigenvalue weighted by Crippen LogP contribution is -2.51. The van der Waals surface area contributed by atoms with Crippen LogP contribution in [0.2, 0.25) is 0 Å². The number of carbonyl (C=O) groups is 2. The van der Waals surface area contributed by atoms with E-state index in [1.165, 1.54) is 4.90 Å². The predicted octanol–water partition coefficient (Wildman–Crippen LogP) is 0.790. The number of carbonyl (C=O) groups excluding carboxylic acids is 2. The molecular weight excluding hydrogens is 278 g/mol. The van der Waals surface area contributed by atoms with Crippen LogP contribution in [0, 0.1) is 5.41 Å². The number of nitrogens with two attached hydrogens (primary N) is 1. The maximum absolute atomic E-state index is 12.5. The fraction of sp³-hybridized carbons (Fsp3) is 0.769. The van der Waals surface area contributed by atoms with Crippen LogP contribution < -0.4 is 11.1 Å². The van der Waals surface area contributed by atoms with Crippen LogP contribution in [0.3, 0.4) is 0 Å². The minimum atomic E-state index is -0.761. The van der Waals surface area contributed by atoms with Gasteiger partial charge in [0.15, 0.2) is 0 Å². The SMILES string of the molecule is CC(C)(CCN1C(=O)NC2(CCOCC2)C1=O)C(N)=S. The van der Waals surface area contributed by atoms with E-state index < -0.39 is 5.54 Å². The molecule has 2 aliphatic heterocycles. The van der Waals surface area contributed by atoms with Crippen molar-refractivity contribution in [2.45, 2.75) is 38.6 Å². The molecule has 112 valence electrons. The Balaban J connectivity index is 2.04. The van der Waals surface area contributed by atoms with Crippen molar-refractivity contribution < 1.29 is 14.3 Å². The van der Waals surface area contributed by atoms with Crippen LogP contribution >= 0.6 is 12.2 Å². The van der Waals surface area contributed by atoms with E-state index in [-0.39, 0.29) is 17.4 Å². The third kappa shape index (κ3) is 2.64. The van der Waals surface area contributed by atoms with Gasteiger partial charge in [-0.2, -0.15) is 0 Å². The number of rotatable bonds is 4. The van der Waals surface area contributed by atoms with Crippen LogP contribution in [-0.4, -0.2) is 47.1 Å². The summed E-state index contributed by atoms with van der Waals surface area (Å²) in [5.41, 5.74) is 4.54. The number of imide groups is 1. The number of amides is 3. The van der Waals surface area contributed by atoms with Crippen molar-refractivity contribution in [2.75, 3.05) is 19.8 Å². The first-order valence-electron chi connectivity index (χ1n) is 6.80. The summed E-state index contributed by atoms with van der Waals surface area (Å²) < 4.78 is 5.27. The number of nitrogens with one attached hydrogen (secondary N) is 1. The summed E-state index contributed by atoms with van der Waals surface area (Å²) in [7, 11) is 0. The summed E-state index contributed by atoms with van der Waals surface area (Å²) in [5.74, 6) is -0.149. The topological polar surface area (TPSA) is 84.7 Å². The Bertz CT molecular complexity index is 444. The number of ether oxygens (including phenoxy) is 1. The van der Waals surface area contributed by atoms with Gasteiger partial charge in [-0.1, -0.05) is 26.1 Å². The van der Waals surface area contributed by atoms with Gasteiger partial charge < -0.3 is 15.8 Å². The average molecular weight is 299 g/mol. The monoisotopic (exact) mass is 299 g/mol. The number of nitrogens with zero attached hydrogens (tertiary/aromatic N) is 1. The van der Waals surface area contributed by atoms with E-state index in [1.54, 1.807) is 0 Å². The van der Waals surface area contributed by atoms with Crippen LogP contribution in [0.25, 0.3) is 0 Å². The third-order valence-corrected chi connectivity index (χ3v) is 4.77. The molecule has 0 bridgehead atoms. The summed E-state index contributed by atoms with van der Waals surface area (Å²) in [6.45, 7) is 5.16. The van der Waals surface area contributed by atoms with Crippen LogP contribution in [0.1, 0.15) is 33.1 Å². The minimum absolute atomic E-state index is 0.149. The van der Waals surface area contributed by atoms with Crippen LogP contribution in [0.5, 0.6) is 0 Å². The van der Waals surface area contributed by atoms with Crippen LogP contribution in [0.4, 0.5) is 4.79 Å². The lowest BCUT2D eigenvalue weighted by molar-refractivity contribution is -0.134. The molecule has 0 saturated carbocycles. The van der Waals surface area contributed by atoms with E-state index in [0.717, 1.165) is 0 Å². The molecule has 0 aromatic carbocycles. The fourth-order valence-corrected chi connectivity index (χ4v) is 2.55. The molecule has 3 amide bonds. The molecule has 0 radical (unpaired) electrons. The standard InChI is InChI=1S/C13H21N3O3S/c1-12(2,9(14)20)3-6-16-10(17)13(15-11(16)18)4-7-19-8-5-13/h3-8H2,1-2H3,(H2,14,20)(H,15,18). The highest BCUT2D eigenvalue weighted by atomic mass is 32.1. The minimum Gasteiger partial charge on any atom is -0.393 e. The molecule has 0 aromatic heterocycles. The molecular formula is C13H21N3O3S. The Labute approximate surface area is 124 Å². The van der Waals surface area contributed by atoms with Gasteiger partial charge in [-0.25, -0.2) is 4.79 Å². The normalized spacial score (nSPS) is 22.2. The summed E-state index contributed by atoms with van der Waals surface area (Å²) in [6, 6.07) is -0.323. The maximum Gasteiger partial charge on any atom is 0.325 e. The van der Waals surface area contributed by atoms with Gasteiger partial charge in [0.1, 0.15) is 5.54 Å². The first-order chi connectivity index (χ1) is 9.28. The highest BCUT2D eigenvalue weighted by molar-refractivity contribution is 7.80. The van der Waals surface area contributed by atoms with Crippen molar-refractivity contribution in [1.82, 2.24) is 10.2 Å². The van der Waals surface area contributed by atoms with Gasteiger partial charge in [0, 0.05) is 38.0 Å². The van der Waals surface area contributed by atoms with Crippen molar-refractivity contribution in [3.05, 3.63) is 0 Å². The second-order valence-corrected chi connectivity index (χ2v) is 6.52. The number of hydrogen-bond acceptors (Lipinski definition) is 4. The molecule has 3 N–H and O–H groups in total. The van der Waals surface area contributed by atoms with E-state index in [4.69, 9.17) is 22.7 Å². The predicted molar refractivity (Wildman–Crippen MR) is 78.2 cm³/mol. The Morgan fingerprint density at radius 3 is 2.60 bits per heavy atom. The van der Waals surface area contributed by atoms with Crippen molar-refractivity contribution in [1.29, 1.82) is 0 Å². The molecule has 0 aliphatic carbocycles. The lowest BCUT2D eigenvalue weighted by Gasteiger charge is -2.31. The highest BCUT2D eigenvalue weighted by Crippen LogP contribution is 2.30. The van der Waals surface area contributed by atoms with Gasteiger partial charge in [-0.05, 0) is 6.42 Å². The number of hydrogen-bond donors (Lipinski definition) is 2. The summed E-state index contributed by atoms with van der Waals surface area (Å²) in [5, 5.41) is 2.83. The quantitative estimate of drug-likeness (QED) is 0.592. The third-order valence-electron chi connectivity index (χ3n) is 4.22. The molecule has 2 aliphatic rings. The zero-order valence-electron chi connectivity index (χ0n) is 11.9. The van der Waals surface area contributed by atoms with Crippen LogP contribution in [0.15, 0.2) is 0 Å². The van der Waals surface area contributed by atoms with Crippen molar-refractivity contribution >= 4 is 29.1 Å². The average Bonchev–Trinajstić information content (AvgIpc) is 2.60. The molecule has 0 aromatic rings. The molecule has 1 spiro atoms. The van der Waals surface area contributed by atoms with Crippen molar-refractivity contribution in [2.24, 2.45) is 11.1 Å². The zero-order chi connectivity index (χ0) is 15.0. The molecule has 2 rings (SSSR count). The van der Waals surface area contributed by atoms with Gasteiger partial charge in [0.05, 0.1) is 4.99 Å². The molecule has 20 heavy (non-hydrogen) atoms. The fourth-order valence-electron chi connectivity index (χ4n) is 2.45. The Morgan fingerprint density at radius 2 is 2.05 bits per heavy atom. The summed E-state index contributed by atoms with van der Waals surface area (Å²) in [4.78, 5) is 26.2. The molecule has 2 heterocycles. The second-order valence-electron chi connectivity index (χ2n) is 6.08. The van der Waals surface area contributed by atoms with E-state index in [9.17, 15) is 9.59 Å². The van der Waals surface area contributed by atoms with Crippen molar-refractivity contribution in [3.8, 4) is 0 Å². The highest BCUT2D eigenvalue weighted by Gasteiger charge is 2.51. The summed E-state index contributed by atoms with van der Waals surface area (Å²) in [6.07, 6.45) is 1.63. The van der Waals surface area contributed by atoms with Gasteiger partial charge in [-0.15, -0.1) is 0 Å². The van der Waals surface area contributed by atoms with Crippen LogP contribution in [-0.2, 0) is 9.53 Å². The molecule has 0 unspecified atom stereocenters. The molecule has 7 heteroatoms. The molecule has 2 saturated heterocycles. The van der Waals surface area contributed by atoms with E-state index in [0.29, 0.717) is 44.0 Å². The summed E-state index contributed by atoms with van der Waals surface area (Å²) >= 11 is 5.01. The first-order valence-corrected chi connectivity index (χ1v) is 7.21. The number of thiocarbonyl (C=S) groups is 1. The Kier molecular flexibility index (Phi) is 4.02. The van der Waals surface area contributed by atoms with Crippen molar-refractivity contribution in [3.63, 3.8) is 0 Å². The first kappa shape index (κ1) is 15.2. The lowest BCUT2D eigenvalue weighted by atomic mass is 9.88. The van der Waals surface area contributed by atoms with Gasteiger partial charge in [0.2, 0.25) is 0 Å². The van der Waals surface area contributed by atoms with E-state index in [1.807, 2.05) is 13.8 Å². The van der Waals surface area contributed by atoms with Gasteiger partial charge in [0.25, 0.3) is 5.91 Å². The van der Waals surface area contributed by atoms with E-state index in [2.05, 4.69) is 5.32 Å². The van der Waals surface area contributed by atoms with E-state index >= 15 is 0 Å². The maximum atomic E-state index is 12.5. The van der Waals surface area contributed by atoms with Gasteiger partial charge in [-0.3, -0.25) is 9.69 Å². The number of urea groups is 1. The smallest absolute Gasteiger partial charge is 0.325 e. The second kappa shape index (κ2) is 5.29. The largest absolute Gasteiger partial charge is 0.393 e.